The number of hydrogen-bond donors (Lipinski definition) is 4. The fourth-order valence-electron chi connectivity index (χ4n) is 4.13. The largest absolute Gasteiger partial charge is 0.458 e. The van der Waals surface area contributed by atoms with Gasteiger partial charge in [-0.15, -0.1) is 12.4 Å². The third kappa shape index (κ3) is 9.65. The molecule has 13 heteroatoms. The van der Waals surface area contributed by atoms with Gasteiger partial charge in [0.15, 0.2) is 5.96 Å². The molecule has 12 nitrogen and oxygen atoms in total. The van der Waals surface area contributed by atoms with Crippen LogP contribution in [-0.4, -0.2) is 71.5 Å². The molecule has 0 radical (unpaired) electrons. The molecule has 4 rings (SSSR count). The summed E-state index contributed by atoms with van der Waals surface area (Å²) in [6.45, 7) is 8.16. The Morgan fingerprint density at radius 2 is 1.90 bits per heavy atom. The van der Waals surface area contributed by atoms with Crippen molar-refractivity contribution in [3.63, 3.8) is 0 Å². The predicted octanol–water partition coefficient (Wildman–Crippen LogP) is 2.76. The van der Waals surface area contributed by atoms with Gasteiger partial charge in [0.1, 0.15) is 18.2 Å². The molecule has 226 valence electrons. The maximum Gasteiger partial charge on any atom is 0.408 e. The molecule has 1 aliphatic rings. The number of guanidine groups is 1. The number of benzene rings is 2. The van der Waals surface area contributed by atoms with Crippen LogP contribution < -0.4 is 21.3 Å². The van der Waals surface area contributed by atoms with Crippen LogP contribution in [0.4, 0.5) is 4.79 Å². The highest BCUT2D eigenvalue weighted by molar-refractivity contribution is 5.98. The van der Waals surface area contributed by atoms with E-state index < -0.39 is 29.6 Å². The summed E-state index contributed by atoms with van der Waals surface area (Å²) < 4.78 is 12.6. The first-order valence-electron chi connectivity index (χ1n) is 13.6. The summed E-state index contributed by atoms with van der Waals surface area (Å²) in [6.07, 6.45) is 1.78. The molecule has 1 aromatic heterocycles. The maximum atomic E-state index is 13.0. The summed E-state index contributed by atoms with van der Waals surface area (Å²) in [5.41, 5.74) is 1.33. The zero-order valence-electron chi connectivity index (χ0n) is 24.0. The Hall–Kier alpha value is -4.32. The molecule has 1 atom stereocenters. The van der Waals surface area contributed by atoms with E-state index >= 15 is 0 Å². The number of nitrogens with one attached hydrogen (secondary N) is 4. The maximum absolute atomic E-state index is 13.0. The minimum absolute atomic E-state index is 0. The van der Waals surface area contributed by atoms with E-state index in [-0.39, 0.29) is 25.6 Å². The molecule has 0 spiro atoms. The van der Waals surface area contributed by atoms with E-state index in [1.54, 1.807) is 39.1 Å². The van der Waals surface area contributed by atoms with Crippen LogP contribution in [0.15, 0.2) is 59.7 Å². The number of hydrogen-bond acceptors (Lipinski definition) is 9. The van der Waals surface area contributed by atoms with E-state index in [0.717, 1.165) is 48.5 Å². The summed E-state index contributed by atoms with van der Waals surface area (Å²) >= 11 is 0. The Labute approximate surface area is 251 Å². The Bertz CT molecular complexity index is 1390. The molecule has 4 N–H and O–H groups in total. The number of esters is 1. The number of aromatic nitrogens is 2. The molecular formula is C29H38ClN7O5. The number of amides is 2. The highest BCUT2D eigenvalue weighted by atomic mass is 35.5. The second-order valence-corrected chi connectivity index (χ2v) is 10.6. The lowest BCUT2D eigenvalue weighted by Gasteiger charge is -2.24. The number of alkyl carbamates (subject to hydrolysis) is 1. The quantitative estimate of drug-likeness (QED) is 0.194. The highest BCUT2D eigenvalue weighted by Crippen LogP contribution is 2.16. The zero-order valence-corrected chi connectivity index (χ0v) is 24.8. The minimum Gasteiger partial charge on any atom is -0.458 e. The number of ether oxygens (including phenoxy) is 2. The van der Waals surface area contributed by atoms with Crippen molar-refractivity contribution in [1.82, 2.24) is 31.0 Å². The summed E-state index contributed by atoms with van der Waals surface area (Å²) in [4.78, 5) is 42.5. The van der Waals surface area contributed by atoms with E-state index in [4.69, 9.17) is 9.47 Å². The molecule has 0 saturated carbocycles. The molecule has 0 fully saturated rings. The molecule has 0 aliphatic carbocycles. The number of nitrogens with zero attached hydrogens (tertiary/aromatic N) is 3. The van der Waals surface area contributed by atoms with Gasteiger partial charge in [-0.1, -0.05) is 30.3 Å². The molecular weight excluding hydrogens is 562 g/mol. The average Bonchev–Trinajstić information content (AvgIpc) is 3.61. The number of halogens is 1. The number of carbonyl (C=O) groups is 3. The highest BCUT2D eigenvalue weighted by Gasteiger charge is 2.28. The van der Waals surface area contributed by atoms with E-state index in [2.05, 4.69) is 31.4 Å². The average molecular weight is 600 g/mol. The summed E-state index contributed by atoms with van der Waals surface area (Å²) in [6, 6.07) is 13.3. The van der Waals surface area contributed by atoms with Crippen molar-refractivity contribution in [3.8, 4) is 0 Å². The van der Waals surface area contributed by atoms with Crippen molar-refractivity contribution in [2.75, 3.05) is 26.2 Å². The van der Waals surface area contributed by atoms with Gasteiger partial charge in [0.25, 0.3) is 5.91 Å². The smallest absolute Gasteiger partial charge is 0.408 e. The van der Waals surface area contributed by atoms with Crippen LogP contribution in [0.3, 0.4) is 0 Å². The van der Waals surface area contributed by atoms with Crippen molar-refractivity contribution in [1.29, 1.82) is 0 Å². The van der Waals surface area contributed by atoms with Gasteiger partial charge in [-0.2, -0.15) is 5.10 Å². The van der Waals surface area contributed by atoms with Gasteiger partial charge in [-0.3, -0.25) is 14.5 Å². The summed E-state index contributed by atoms with van der Waals surface area (Å²) in [5.74, 6) is -0.252. The summed E-state index contributed by atoms with van der Waals surface area (Å²) in [5, 5.41) is 16.9. The Morgan fingerprint density at radius 1 is 1.12 bits per heavy atom. The Morgan fingerprint density at radius 3 is 2.62 bits per heavy atom. The van der Waals surface area contributed by atoms with Crippen molar-refractivity contribution in [2.24, 2.45) is 4.99 Å². The third-order valence-electron chi connectivity index (χ3n) is 6.08. The first-order chi connectivity index (χ1) is 19.7. The van der Waals surface area contributed by atoms with E-state index in [0.29, 0.717) is 12.1 Å². The van der Waals surface area contributed by atoms with Crippen LogP contribution >= 0.6 is 12.4 Å². The van der Waals surface area contributed by atoms with Crippen molar-refractivity contribution in [2.45, 2.75) is 52.0 Å². The second-order valence-electron chi connectivity index (χ2n) is 10.6. The van der Waals surface area contributed by atoms with E-state index in [9.17, 15) is 14.4 Å². The van der Waals surface area contributed by atoms with E-state index in [1.807, 2.05) is 41.1 Å². The van der Waals surface area contributed by atoms with Gasteiger partial charge in [0, 0.05) is 37.1 Å². The molecule has 0 saturated heterocycles. The van der Waals surface area contributed by atoms with Crippen LogP contribution in [0.1, 0.15) is 43.1 Å². The van der Waals surface area contributed by atoms with E-state index in [1.165, 1.54) is 0 Å². The van der Waals surface area contributed by atoms with Gasteiger partial charge in [-0.05, 0) is 51.0 Å². The minimum atomic E-state index is -1.15. The number of fused-ring (bicyclic) bond motifs is 1. The first kappa shape index (κ1) is 32.2. The molecule has 3 aromatic rings. The summed E-state index contributed by atoms with van der Waals surface area (Å²) in [7, 11) is 0. The molecule has 0 bridgehead atoms. The SMILES string of the molecule is CC(C)(C)OC(=O)[C@H](CNC(=O)c1ccc2c(cnn2CCCNC2=NCCN2)c1)NC(=O)OCc1ccccc1.Cl. The monoisotopic (exact) mass is 599 g/mol. The number of aliphatic imine (C=N–C) groups is 1. The van der Waals surface area contributed by atoms with Crippen LogP contribution in [0.5, 0.6) is 0 Å². The normalized spacial score (nSPS) is 13.3. The van der Waals surface area contributed by atoms with Gasteiger partial charge < -0.3 is 30.7 Å². The lowest BCUT2D eigenvalue weighted by molar-refractivity contribution is -0.157. The fraction of sp³-hybridized carbons (Fsp3) is 0.414. The van der Waals surface area contributed by atoms with Gasteiger partial charge in [0.2, 0.25) is 0 Å². The standard InChI is InChI=1S/C29H37N7O5.ClH/c1-29(2,3)41-26(38)23(35-28(39)40-19-20-8-5-4-6-9-20)18-33-25(37)21-10-11-24-22(16-21)17-34-36(24)15-7-12-30-27-31-13-14-32-27;/h4-6,8-11,16-17,23H,7,12-15,18-19H2,1-3H3,(H,33,37)(H,35,39)(H2,30,31,32);1H/t23-;/m0./s1. The fourth-order valence-corrected chi connectivity index (χ4v) is 4.13. The Balaban J connectivity index is 0.00000484. The van der Waals surface area contributed by atoms with Crippen LogP contribution in [-0.2, 0) is 27.4 Å². The number of carbonyl (C=O) groups excluding carboxylic acids is 3. The second kappa shape index (κ2) is 15.1. The van der Waals surface area contributed by atoms with Gasteiger partial charge in [-0.25, -0.2) is 9.59 Å². The number of aryl methyl sites for hydroxylation is 1. The first-order valence-corrected chi connectivity index (χ1v) is 13.6. The predicted molar refractivity (Wildman–Crippen MR) is 162 cm³/mol. The number of rotatable bonds is 11. The Kier molecular flexibility index (Phi) is 11.5. The van der Waals surface area contributed by atoms with Crippen LogP contribution in [0.25, 0.3) is 10.9 Å². The lowest BCUT2D eigenvalue weighted by atomic mass is 10.1. The van der Waals surface area contributed by atoms with Gasteiger partial charge in [0.05, 0.1) is 18.3 Å². The lowest BCUT2D eigenvalue weighted by Crippen LogP contribution is -2.50. The molecule has 2 amide bonds. The zero-order chi connectivity index (χ0) is 29.2. The third-order valence-corrected chi connectivity index (χ3v) is 6.08. The molecule has 2 heterocycles. The van der Waals surface area contributed by atoms with Crippen LogP contribution in [0, 0.1) is 0 Å². The van der Waals surface area contributed by atoms with Crippen molar-refractivity contribution in [3.05, 3.63) is 65.9 Å². The molecule has 1 aliphatic heterocycles. The molecule has 0 unspecified atom stereocenters. The molecule has 2 aromatic carbocycles. The van der Waals surface area contributed by atoms with Crippen LogP contribution in [0.2, 0.25) is 0 Å². The topological polar surface area (TPSA) is 148 Å². The van der Waals surface area contributed by atoms with Crippen molar-refractivity contribution < 1.29 is 23.9 Å². The van der Waals surface area contributed by atoms with Crippen molar-refractivity contribution >= 4 is 47.2 Å². The molecule has 42 heavy (non-hydrogen) atoms. The van der Waals surface area contributed by atoms with Gasteiger partial charge >= 0.3 is 12.1 Å².